The third-order valence-electron chi connectivity index (χ3n) is 3.72. The number of methoxy groups -OCH3 is 1. The predicted molar refractivity (Wildman–Crippen MR) is 72.8 cm³/mol. The number of nitrogens with zero attached hydrogens (tertiary/aromatic N) is 2. The van der Waals surface area contributed by atoms with Crippen molar-refractivity contribution in [2.75, 3.05) is 13.7 Å². The van der Waals surface area contributed by atoms with Gasteiger partial charge in [0.2, 0.25) is 11.7 Å². The Morgan fingerprint density at radius 3 is 2.89 bits per heavy atom. The molecule has 1 N–H and O–H groups in total. The first-order valence-electron chi connectivity index (χ1n) is 7.29. The Kier molecular flexibility index (Phi) is 5.34. The molecule has 1 aromatic heterocycles. The molecule has 0 saturated carbocycles. The van der Waals surface area contributed by atoms with E-state index in [1.807, 2.05) is 0 Å². The monoisotopic (exact) mass is 267 g/mol. The average Bonchev–Trinajstić information content (AvgIpc) is 2.87. The van der Waals surface area contributed by atoms with Crippen LogP contribution < -0.4 is 5.32 Å². The van der Waals surface area contributed by atoms with Crippen LogP contribution in [0.1, 0.15) is 57.3 Å². The number of aromatic nitrogens is 2. The lowest BCUT2D eigenvalue weighted by Gasteiger charge is -2.22. The molecule has 0 amide bonds. The van der Waals surface area contributed by atoms with E-state index in [4.69, 9.17) is 9.26 Å². The highest BCUT2D eigenvalue weighted by Crippen LogP contribution is 2.22. The first-order valence-corrected chi connectivity index (χ1v) is 7.29. The van der Waals surface area contributed by atoms with Gasteiger partial charge in [-0.05, 0) is 31.7 Å². The zero-order chi connectivity index (χ0) is 13.7. The lowest BCUT2D eigenvalue weighted by atomic mass is 10.0. The molecule has 2 rings (SSSR count). The van der Waals surface area contributed by atoms with E-state index >= 15 is 0 Å². The second-order valence-electron chi connectivity index (χ2n) is 5.63. The lowest BCUT2D eigenvalue weighted by molar-refractivity contribution is 0.0555. The molecule has 1 saturated heterocycles. The Bertz CT molecular complexity index is 373. The zero-order valence-corrected chi connectivity index (χ0v) is 12.2. The second kappa shape index (κ2) is 7.01. The molecule has 5 nitrogen and oxygen atoms in total. The van der Waals surface area contributed by atoms with E-state index in [0.29, 0.717) is 17.8 Å². The Hall–Kier alpha value is -0.940. The van der Waals surface area contributed by atoms with Gasteiger partial charge in [0.15, 0.2) is 0 Å². The van der Waals surface area contributed by atoms with E-state index in [1.54, 1.807) is 7.11 Å². The summed E-state index contributed by atoms with van der Waals surface area (Å²) >= 11 is 0. The van der Waals surface area contributed by atoms with Crippen LogP contribution in [0, 0.1) is 5.92 Å². The molecule has 0 spiro atoms. The number of ether oxygens (including phenoxy) is 1. The molecular formula is C14H25N3O2. The fraction of sp³-hybridized carbons (Fsp3) is 0.857. The Morgan fingerprint density at radius 1 is 1.42 bits per heavy atom. The SMILES string of the molecule is COC(c1noc(CCC2CCCCN2)n1)C(C)C. The fourth-order valence-electron chi connectivity index (χ4n) is 2.63. The molecule has 2 atom stereocenters. The third kappa shape index (κ3) is 4.01. The number of hydrogen-bond donors (Lipinski definition) is 1. The summed E-state index contributed by atoms with van der Waals surface area (Å²) < 4.78 is 10.7. The molecule has 0 aromatic carbocycles. The summed E-state index contributed by atoms with van der Waals surface area (Å²) in [7, 11) is 1.69. The number of piperidine rings is 1. The fourth-order valence-corrected chi connectivity index (χ4v) is 2.63. The summed E-state index contributed by atoms with van der Waals surface area (Å²) in [5.41, 5.74) is 0. The van der Waals surface area contributed by atoms with Crippen molar-refractivity contribution < 1.29 is 9.26 Å². The van der Waals surface area contributed by atoms with Crippen molar-refractivity contribution in [1.82, 2.24) is 15.5 Å². The van der Waals surface area contributed by atoms with E-state index in [0.717, 1.165) is 25.3 Å². The molecule has 1 fully saturated rings. The number of rotatable bonds is 6. The van der Waals surface area contributed by atoms with Crippen LogP contribution in [0.5, 0.6) is 0 Å². The van der Waals surface area contributed by atoms with Crippen molar-refractivity contribution >= 4 is 0 Å². The highest BCUT2D eigenvalue weighted by atomic mass is 16.5. The van der Waals surface area contributed by atoms with Crippen LogP contribution in [0.4, 0.5) is 0 Å². The average molecular weight is 267 g/mol. The van der Waals surface area contributed by atoms with Gasteiger partial charge in [-0.15, -0.1) is 0 Å². The maximum Gasteiger partial charge on any atom is 0.226 e. The summed E-state index contributed by atoms with van der Waals surface area (Å²) in [6.45, 7) is 5.32. The van der Waals surface area contributed by atoms with Crippen LogP contribution in [0.3, 0.4) is 0 Å². The minimum absolute atomic E-state index is 0.0784. The predicted octanol–water partition coefficient (Wildman–Crippen LogP) is 2.49. The first kappa shape index (κ1) is 14.5. The Balaban J connectivity index is 1.86. The van der Waals surface area contributed by atoms with Crippen molar-refractivity contribution in [3.05, 3.63) is 11.7 Å². The van der Waals surface area contributed by atoms with Gasteiger partial charge in [-0.2, -0.15) is 4.98 Å². The van der Waals surface area contributed by atoms with Gasteiger partial charge in [-0.3, -0.25) is 0 Å². The third-order valence-corrected chi connectivity index (χ3v) is 3.72. The number of nitrogens with one attached hydrogen (secondary N) is 1. The number of hydrogen-bond acceptors (Lipinski definition) is 5. The van der Waals surface area contributed by atoms with Crippen LogP contribution in [0.25, 0.3) is 0 Å². The molecule has 5 heteroatoms. The lowest BCUT2D eigenvalue weighted by Crippen LogP contribution is -2.34. The van der Waals surface area contributed by atoms with Gasteiger partial charge in [-0.1, -0.05) is 25.4 Å². The van der Waals surface area contributed by atoms with Gasteiger partial charge in [0, 0.05) is 19.6 Å². The van der Waals surface area contributed by atoms with E-state index < -0.39 is 0 Å². The summed E-state index contributed by atoms with van der Waals surface area (Å²) in [5.74, 6) is 1.74. The first-order chi connectivity index (χ1) is 9.20. The van der Waals surface area contributed by atoms with Crippen molar-refractivity contribution in [3.8, 4) is 0 Å². The second-order valence-corrected chi connectivity index (χ2v) is 5.63. The Morgan fingerprint density at radius 2 is 2.26 bits per heavy atom. The topological polar surface area (TPSA) is 60.2 Å². The van der Waals surface area contributed by atoms with Gasteiger partial charge in [0.05, 0.1) is 0 Å². The van der Waals surface area contributed by atoms with Crippen LogP contribution in [-0.4, -0.2) is 29.8 Å². The normalized spacial score (nSPS) is 21.8. The van der Waals surface area contributed by atoms with Crippen LogP contribution in [-0.2, 0) is 11.2 Å². The van der Waals surface area contributed by atoms with E-state index in [-0.39, 0.29) is 6.10 Å². The molecule has 1 aliphatic heterocycles. The van der Waals surface area contributed by atoms with Crippen molar-refractivity contribution in [2.24, 2.45) is 5.92 Å². The zero-order valence-electron chi connectivity index (χ0n) is 12.2. The standard InChI is InChI=1S/C14H25N3O2/c1-10(2)13(18-3)14-16-12(19-17-14)8-7-11-6-4-5-9-15-11/h10-11,13,15H,4-9H2,1-3H3. The maximum absolute atomic E-state index is 5.41. The van der Waals surface area contributed by atoms with Gasteiger partial charge >= 0.3 is 0 Å². The molecule has 19 heavy (non-hydrogen) atoms. The summed E-state index contributed by atoms with van der Waals surface area (Å²) in [6.07, 6.45) is 5.72. The van der Waals surface area contributed by atoms with E-state index in [1.165, 1.54) is 19.3 Å². The van der Waals surface area contributed by atoms with Crippen molar-refractivity contribution in [1.29, 1.82) is 0 Å². The van der Waals surface area contributed by atoms with Gasteiger partial charge < -0.3 is 14.6 Å². The minimum Gasteiger partial charge on any atom is -0.373 e. The van der Waals surface area contributed by atoms with E-state index in [2.05, 4.69) is 29.3 Å². The smallest absolute Gasteiger partial charge is 0.226 e. The van der Waals surface area contributed by atoms with Crippen LogP contribution >= 0.6 is 0 Å². The molecule has 1 aliphatic rings. The largest absolute Gasteiger partial charge is 0.373 e. The Labute approximate surface area is 115 Å². The molecule has 1 aromatic rings. The van der Waals surface area contributed by atoms with Gasteiger partial charge in [0.1, 0.15) is 6.10 Å². The summed E-state index contributed by atoms with van der Waals surface area (Å²) in [5, 5.41) is 7.57. The molecule has 2 unspecified atom stereocenters. The van der Waals surface area contributed by atoms with Crippen LogP contribution in [0.2, 0.25) is 0 Å². The van der Waals surface area contributed by atoms with Crippen LogP contribution in [0.15, 0.2) is 4.52 Å². The van der Waals surface area contributed by atoms with Gasteiger partial charge in [-0.25, -0.2) is 0 Å². The summed E-state index contributed by atoms with van der Waals surface area (Å²) in [4.78, 5) is 4.46. The van der Waals surface area contributed by atoms with Crippen molar-refractivity contribution in [2.45, 2.75) is 58.1 Å². The molecule has 0 radical (unpaired) electrons. The highest BCUT2D eigenvalue weighted by molar-refractivity contribution is 4.93. The molecular weight excluding hydrogens is 242 g/mol. The summed E-state index contributed by atoms with van der Waals surface area (Å²) in [6, 6.07) is 0.604. The quantitative estimate of drug-likeness (QED) is 0.858. The number of aryl methyl sites for hydroxylation is 1. The highest BCUT2D eigenvalue weighted by Gasteiger charge is 2.21. The molecule has 2 heterocycles. The maximum atomic E-state index is 5.41. The molecule has 108 valence electrons. The van der Waals surface area contributed by atoms with Gasteiger partial charge in [0.25, 0.3) is 0 Å². The van der Waals surface area contributed by atoms with Crippen molar-refractivity contribution in [3.63, 3.8) is 0 Å². The van der Waals surface area contributed by atoms with E-state index in [9.17, 15) is 0 Å². The minimum atomic E-state index is -0.0784. The molecule has 0 aliphatic carbocycles. The molecule has 0 bridgehead atoms.